The summed E-state index contributed by atoms with van der Waals surface area (Å²) in [5.41, 5.74) is 7.12. The fraction of sp³-hybridized carbons (Fsp3) is 0.364. The van der Waals surface area contributed by atoms with Gasteiger partial charge in [-0.2, -0.15) is 0 Å². The highest BCUT2D eigenvalue weighted by molar-refractivity contribution is 6.07. The molecule has 0 aliphatic rings. The molecule has 0 aliphatic heterocycles. The Morgan fingerprint density at radius 1 is 1.07 bits per heavy atom. The van der Waals surface area contributed by atoms with E-state index in [-0.39, 0.29) is 24.2 Å². The van der Waals surface area contributed by atoms with Crippen molar-refractivity contribution >= 4 is 29.9 Å². The van der Waals surface area contributed by atoms with Crippen molar-refractivity contribution in [3.05, 3.63) is 65.7 Å². The zero-order valence-corrected chi connectivity index (χ0v) is 17.8. The van der Waals surface area contributed by atoms with Crippen LogP contribution in [0.1, 0.15) is 47.9 Å². The van der Waals surface area contributed by atoms with E-state index >= 15 is 0 Å². The van der Waals surface area contributed by atoms with Crippen LogP contribution in [0, 0.1) is 5.92 Å². The summed E-state index contributed by atoms with van der Waals surface area (Å²) in [5, 5.41) is 3.03. The van der Waals surface area contributed by atoms with Gasteiger partial charge in [-0.1, -0.05) is 38.1 Å². The number of hydrogen-bond donors (Lipinski definition) is 2. The molecule has 2 amide bonds. The lowest BCUT2D eigenvalue weighted by Crippen LogP contribution is -2.52. The lowest BCUT2D eigenvalue weighted by atomic mass is 9.90. The van der Waals surface area contributed by atoms with E-state index in [1.165, 1.54) is 0 Å². The Morgan fingerprint density at radius 2 is 1.68 bits per heavy atom. The van der Waals surface area contributed by atoms with Crippen LogP contribution >= 0.6 is 12.4 Å². The van der Waals surface area contributed by atoms with Crippen molar-refractivity contribution in [2.75, 3.05) is 18.5 Å². The van der Waals surface area contributed by atoms with Gasteiger partial charge in [0, 0.05) is 35.9 Å². The van der Waals surface area contributed by atoms with E-state index in [1.54, 1.807) is 36.2 Å². The zero-order chi connectivity index (χ0) is 20.0. The number of anilines is 1. The highest BCUT2D eigenvalue weighted by atomic mass is 35.5. The quantitative estimate of drug-likeness (QED) is 0.736. The third kappa shape index (κ3) is 6.08. The lowest BCUT2D eigenvalue weighted by Gasteiger charge is -2.31. The summed E-state index contributed by atoms with van der Waals surface area (Å²) in [6.45, 7) is 6.49. The maximum absolute atomic E-state index is 12.8. The van der Waals surface area contributed by atoms with Crippen LogP contribution in [0.15, 0.2) is 54.6 Å². The van der Waals surface area contributed by atoms with E-state index in [9.17, 15) is 9.59 Å². The van der Waals surface area contributed by atoms with Crippen molar-refractivity contribution < 1.29 is 9.59 Å². The van der Waals surface area contributed by atoms with Crippen LogP contribution in [0.4, 0.5) is 5.69 Å². The fourth-order valence-corrected chi connectivity index (χ4v) is 3.19. The number of hydrogen-bond acceptors (Lipinski definition) is 3. The first-order valence-electron chi connectivity index (χ1n) is 9.21. The second kappa shape index (κ2) is 10.2. The minimum Gasteiger partial charge on any atom is -0.346 e. The normalized spacial score (nSPS) is 12.6. The smallest absolute Gasteiger partial charge is 0.258 e. The topological polar surface area (TPSA) is 75.4 Å². The fourth-order valence-electron chi connectivity index (χ4n) is 3.19. The number of nitrogens with two attached hydrogens (primary N) is 1. The molecule has 0 radical (unpaired) electrons. The molecule has 0 heterocycles. The van der Waals surface area contributed by atoms with Crippen LogP contribution in [0.25, 0.3) is 0 Å². The van der Waals surface area contributed by atoms with E-state index in [1.807, 2.05) is 37.3 Å². The van der Waals surface area contributed by atoms with E-state index < -0.39 is 5.54 Å². The molecule has 0 aliphatic carbocycles. The average Bonchev–Trinajstić information content (AvgIpc) is 2.67. The summed E-state index contributed by atoms with van der Waals surface area (Å²) in [6, 6.07) is 16.2. The van der Waals surface area contributed by atoms with Crippen LogP contribution in [-0.4, -0.2) is 30.9 Å². The maximum atomic E-state index is 12.8. The second-order valence-corrected chi connectivity index (χ2v) is 7.60. The number of rotatable bonds is 7. The van der Waals surface area contributed by atoms with Crippen LogP contribution < -0.4 is 16.0 Å². The van der Waals surface area contributed by atoms with Gasteiger partial charge in [-0.25, -0.2) is 0 Å². The minimum atomic E-state index is -0.480. The van der Waals surface area contributed by atoms with E-state index in [0.29, 0.717) is 23.6 Å². The molecule has 28 heavy (non-hydrogen) atoms. The molecule has 0 saturated heterocycles. The van der Waals surface area contributed by atoms with Crippen molar-refractivity contribution in [2.45, 2.75) is 32.7 Å². The minimum absolute atomic E-state index is 0. The van der Waals surface area contributed by atoms with Crippen molar-refractivity contribution in [3.63, 3.8) is 0 Å². The molecule has 152 valence electrons. The van der Waals surface area contributed by atoms with Gasteiger partial charge in [0.15, 0.2) is 0 Å². The van der Waals surface area contributed by atoms with Gasteiger partial charge in [-0.05, 0) is 49.6 Å². The van der Waals surface area contributed by atoms with Crippen molar-refractivity contribution in [1.29, 1.82) is 0 Å². The van der Waals surface area contributed by atoms with E-state index in [2.05, 4.69) is 19.2 Å². The monoisotopic (exact) mass is 403 g/mol. The molecule has 2 aromatic carbocycles. The summed E-state index contributed by atoms with van der Waals surface area (Å²) in [5.74, 6) is 0.0199. The Hall–Kier alpha value is -2.37. The van der Waals surface area contributed by atoms with Gasteiger partial charge < -0.3 is 16.0 Å². The third-order valence-corrected chi connectivity index (χ3v) is 4.54. The number of carbonyl (C=O) groups excluding carboxylic acids is 2. The Morgan fingerprint density at radius 3 is 2.25 bits per heavy atom. The molecular weight excluding hydrogens is 374 g/mol. The van der Waals surface area contributed by atoms with Crippen molar-refractivity contribution in [3.8, 4) is 0 Å². The highest BCUT2D eigenvalue weighted by Gasteiger charge is 2.26. The predicted molar refractivity (Wildman–Crippen MR) is 117 cm³/mol. The number of para-hydroxylation sites is 1. The van der Waals surface area contributed by atoms with Crippen LogP contribution in [-0.2, 0) is 0 Å². The first kappa shape index (κ1) is 23.7. The second-order valence-electron chi connectivity index (χ2n) is 7.60. The van der Waals surface area contributed by atoms with Gasteiger partial charge in [-0.15, -0.1) is 12.4 Å². The van der Waals surface area contributed by atoms with E-state index in [4.69, 9.17) is 5.73 Å². The molecule has 0 bridgehead atoms. The van der Waals surface area contributed by atoms with Crippen LogP contribution in [0.5, 0.6) is 0 Å². The van der Waals surface area contributed by atoms with Crippen LogP contribution in [0.3, 0.4) is 0 Å². The molecule has 0 saturated carbocycles. The highest BCUT2D eigenvalue weighted by Crippen LogP contribution is 2.18. The Kier molecular flexibility index (Phi) is 8.66. The lowest BCUT2D eigenvalue weighted by molar-refractivity contribution is 0.0898. The standard InChI is InChI=1S/C22H29N3O2.ClH/c1-16(2)14-22(3,15-23)24-20(26)17-9-8-10-18(13-17)21(27)25(4)19-11-6-5-7-12-19;/h5-13,16H,14-15,23H2,1-4H3,(H,24,26);1H. The molecule has 3 N–H and O–H groups in total. The SMILES string of the molecule is CC(C)CC(C)(CN)NC(=O)c1cccc(C(=O)N(C)c2ccccc2)c1.Cl. The molecule has 6 heteroatoms. The number of amides is 2. The number of nitrogens with zero attached hydrogens (tertiary/aromatic N) is 1. The molecule has 5 nitrogen and oxygen atoms in total. The molecule has 0 fully saturated rings. The molecular formula is C22H30ClN3O2. The van der Waals surface area contributed by atoms with Gasteiger partial charge >= 0.3 is 0 Å². The summed E-state index contributed by atoms with van der Waals surface area (Å²) in [6.07, 6.45) is 0.782. The molecule has 0 spiro atoms. The molecule has 1 atom stereocenters. The molecule has 2 rings (SSSR count). The third-order valence-electron chi connectivity index (χ3n) is 4.54. The van der Waals surface area contributed by atoms with Gasteiger partial charge in [-0.3, -0.25) is 9.59 Å². The maximum Gasteiger partial charge on any atom is 0.258 e. The Balaban J connectivity index is 0.00000392. The Labute approximate surface area is 173 Å². The molecule has 1 unspecified atom stereocenters. The van der Waals surface area contributed by atoms with E-state index in [0.717, 1.165) is 12.1 Å². The Bertz CT molecular complexity index is 795. The number of halogens is 1. The predicted octanol–water partition coefficient (Wildman–Crippen LogP) is 3.88. The van der Waals surface area contributed by atoms with Crippen LogP contribution in [0.2, 0.25) is 0 Å². The van der Waals surface area contributed by atoms with Gasteiger partial charge in [0.2, 0.25) is 0 Å². The van der Waals surface area contributed by atoms with Gasteiger partial charge in [0.25, 0.3) is 11.8 Å². The van der Waals surface area contributed by atoms with Crippen molar-refractivity contribution in [2.24, 2.45) is 11.7 Å². The number of nitrogens with one attached hydrogen (secondary N) is 1. The zero-order valence-electron chi connectivity index (χ0n) is 16.9. The number of carbonyl (C=O) groups is 2. The van der Waals surface area contributed by atoms with Crippen molar-refractivity contribution in [1.82, 2.24) is 5.32 Å². The van der Waals surface area contributed by atoms with Gasteiger partial charge in [0.05, 0.1) is 0 Å². The first-order chi connectivity index (χ1) is 12.8. The van der Waals surface area contributed by atoms with Gasteiger partial charge in [0.1, 0.15) is 0 Å². The molecule has 2 aromatic rings. The summed E-state index contributed by atoms with van der Waals surface area (Å²) in [4.78, 5) is 27.1. The molecule has 0 aromatic heterocycles. The average molecular weight is 404 g/mol. The summed E-state index contributed by atoms with van der Waals surface area (Å²) >= 11 is 0. The largest absolute Gasteiger partial charge is 0.346 e. The number of benzene rings is 2. The summed E-state index contributed by atoms with van der Waals surface area (Å²) in [7, 11) is 1.72. The summed E-state index contributed by atoms with van der Waals surface area (Å²) < 4.78 is 0. The first-order valence-corrected chi connectivity index (χ1v) is 9.21.